The largest absolute Gasteiger partial charge is 0.315 e. The molecule has 0 bridgehead atoms. The van der Waals surface area contributed by atoms with E-state index >= 15 is 0 Å². The van der Waals surface area contributed by atoms with Gasteiger partial charge in [-0.25, -0.2) is 12.8 Å². The molecule has 1 fully saturated rings. The molecule has 0 aliphatic carbocycles. The molecule has 0 radical (unpaired) electrons. The highest BCUT2D eigenvalue weighted by molar-refractivity contribution is 7.89. The quantitative estimate of drug-likeness (QED) is 0.658. The summed E-state index contributed by atoms with van der Waals surface area (Å²) in [4.78, 5) is 8.71. The van der Waals surface area contributed by atoms with E-state index in [0.717, 1.165) is 4.31 Å². The van der Waals surface area contributed by atoms with Crippen LogP contribution < -0.4 is 5.32 Å². The third kappa shape index (κ3) is 3.17. The molecular weight excluding hydrogens is 308 g/mol. The fourth-order valence-electron chi connectivity index (χ4n) is 2.06. The number of hydrogen-bond acceptors (Lipinski definition) is 5. The summed E-state index contributed by atoms with van der Waals surface area (Å²) in [5.74, 6) is -2.75. The lowest BCUT2D eigenvalue weighted by Crippen LogP contribution is -2.34. The number of hydrogen-bond donors (Lipinski definition) is 1. The van der Waals surface area contributed by atoms with Crippen molar-refractivity contribution in [2.24, 2.45) is 0 Å². The Morgan fingerprint density at radius 3 is 2.57 bits per heavy atom. The van der Waals surface area contributed by atoms with Crippen LogP contribution in [0.25, 0.3) is 0 Å². The number of sulfonamides is 1. The van der Waals surface area contributed by atoms with E-state index < -0.39 is 37.2 Å². The monoisotopic (exact) mass is 321 g/mol. The zero-order chi connectivity index (χ0) is 15.6. The number of rotatable bonds is 3. The summed E-state index contributed by atoms with van der Waals surface area (Å²) in [6.45, 7) is 1.30. The molecule has 1 aliphatic heterocycles. The second-order valence-electron chi connectivity index (χ2n) is 4.50. The number of benzene rings is 1. The van der Waals surface area contributed by atoms with Crippen molar-refractivity contribution in [2.75, 3.05) is 26.2 Å². The van der Waals surface area contributed by atoms with Crippen LogP contribution in [-0.4, -0.2) is 43.8 Å². The predicted octanol–water partition coefficient (Wildman–Crippen LogP) is 0.857. The second-order valence-corrected chi connectivity index (χ2v) is 6.41. The minimum atomic E-state index is -4.24. The zero-order valence-electron chi connectivity index (χ0n) is 10.9. The number of nitro groups is 1. The Hall–Kier alpha value is -1.65. The maximum absolute atomic E-state index is 13.8. The van der Waals surface area contributed by atoms with Crippen LogP contribution >= 0.6 is 0 Å². The summed E-state index contributed by atoms with van der Waals surface area (Å²) < 4.78 is 52.8. The van der Waals surface area contributed by atoms with E-state index in [4.69, 9.17) is 0 Å². The van der Waals surface area contributed by atoms with Crippen molar-refractivity contribution in [2.45, 2.75) is 11.3 Å². The fourth-order valence-corrected chi connectivity index (χ4v) is 3.60. The molecule has 10 heteroatoms. The lowest BCUT2D eigenvalue weighted by Gasteiger charge is -2.19. The minimum absolute atomic E-state index is 0.118. The molecular formula is C11H13F2N3O4S. The highest BCUT2D eigenvalue weighted by Crippen LogP contribution is 2.27. The van der Waals surface area contributed by atoms with Gasteiger partial charge in [0.1, 0.15) is 10.7 Å². The molecule has 0 aromatic heterocycles. The number of halogens is 2. The van der Waals surface area contributed by atoms with Crippen molar-refractivity contribution in [1.82, 2.24) is 9.62 Å². The molecule has 1 heterocycles. The topological polar surface area (TPSA) is 92.5 Å². The van der Waals surface area contributed by atoms with Gasteiger partial charge in [-0.3, -0.25) is 10.1 Å². The Balaban J connectivity index is 2.48. The number of nitrogens with zero attached hydrogens (tertiary/aromatic N) is 2. The summed E-state index contributed by atoms with van der Waals surface area (Å²) in [5, 5.41) is 13.7. The van der Waals surface area contributed by atoms with Crippen LogP contribution in [-0.2, 0) is 10.0 Å². The molecule has 21 heavy (non-hydrogen) atoms. The molecule has 2 rings (SSSR count). The van der Waals surface area contributed by atoms with Gasteiger partial charge >= 0.3 is 5.69 Å². The minimum Gasteiger partial charge on any atom is -0.315 e. The van der Waals surface area contributed by atoms with Crippen LogP contribution in [0, 0.1) is 21.7 Å². The van der Waals surface area contributed by atoms with Gasteiger partial charge in [-0.1, -0.05) is 0 Å². The third-order valence-electron chi connectivity index (χ3n) is 3.11. The average molecular weight is 321 g/mol. The average Bonchev–Trinajstić information content (AvgIpc) is 2.67. The van der Waals surface area contributed by atoms with Gasteiger partial charge in [0, 0.05) is 31.8 Å². The first-order chi connectivity index (χ1) is 9.84. The van der Waals surface area contributed by atoms with Crippen LogP contribution in [0.4, 0.5) is 14.5 Å². The number of nitrogens with one attached hydrogen (secondary N) is 1. The van der Waals surface area contributed by atoms with E-state index in [1.807, 2.05) is 0 Å². The van der Waals surface area contributed by atoms with Gasteiger partial charge in [-0.15, -0.1) is 0 Å². The SMILES string of the molecule is O=[N+]([O-])c1cc(S(=O)(=O)N2CCCNCC2)c(F)cc1F. The molecule has 1 saturated heterocycles. The molecule has 1 aliphatic rings. The Labute approximate surface area is 119 Å². The maximum Gasteiger partial charge on any atom is 0.306 e. The van der Waals surface area contributed by atoms with Crippen molar-refractivity contribution in [3.05, 3.63) is 33.9 Å². The molecule has 1 aromatic carbocycles. The molecule has 1 aromatic rings. The molecule has 1 N–H and O–H groups in total. The molecule has 116 valence electrons. The van der Waals surface area contributed by atoms with Crippen LogP contribution in [0.1, 0.15) is 6.42 Å². The van der Waals surface area contributed by atoms with Crippen molar-refractivity contribution in [3.63, 3.8) is 0 Å². The molecule has 0 unspecified atom stereocenters. The zero-order valence-corrected chi connectivity index (χ0v) is 11.7. The van der Waals surface area contributed by atoms with Crippen molar-refractivity contribution < 1.29 is 22.1 Å². The Kier molecular flexibility index (Phi) is 4.49. The molecule has 0 amide bonds. The van der Waals surface area contributed by atoms with Gasteiger partial charge in [0.05, 0.1) is 4.92 Å². The van der Waals surface area contributed by atoms with Crippen molar-refractivity contribution in [1.29, 1.82) is 0 Å². The molecule has 7 nitrogen and oxygen atoms in total. The summed E-state index contributed by atoms with van der Waals surface area (Å²) in [6.07, 6.45) is 0.532. The Morgan fingerprint density at radius 1 is 1.19 bits per heavy atom. The summed E-state index contributed by atoms with van der Waals surface area (Å²) in [6, 6.07) is 0.652. The smallest absolute Gasteiger partial charge is 0.306 e. The van der Waals surface area contributed by atoms with E-state index in [0.29, 0.717) is 25.6 Å². The molecule has 0 saturated carbocycles. The van der Waals surface area contributed by atoms with E-state index in [-0.39, 0.29) is 19.2 Å². The predicted molar refractivity (Wildman–Crippen MR) is 69.3 cm³/mol. The first-order valence-electron chi connectivity index (χ1n) is 6.18. The van der Waals surface area contributed by atoms with Crippen LogP contribution in [0.5, 0.6) is 0 Å². The van der Waals surface area contributed by atoms with Gasteiger partial charge in [-0.2, -0.15) is 8.70 Å². The summed E-state index contributed by atoms with van der Waals surface area (Å²) >= 11 is 0. The third-order valence-corrected chi connectivity index (χ3v) is 5.03. The first kappa shape index (κ1) is 15.7. The lowest BCUT2D eigenvalue weighted by atomic mass is 10.3. The van der Waals surface area contributed by atoms with Gasteiger partial charge < -0.3 is 5.32 Å². The van der Waals surface area contributed by atoms with Crippen LogP contribution in [0.2, 0.25) is 0 Å². The highest BCUT2D eigenvalue weighted by Gasteiger charge is 2.31. The van der Waals surface area contributed by atoms with Gasteiger partial charge in [0.2, 0.25) is 15.8 Å². The molecule has 0 spiro atoms. The second kappa shape index (κ2) is 6.00. The van der Waals surface area contributed by atoms with Crippen molar-refractivity contribution >= 4 is 15.7 Å². The van der Waals surface area contributed by atoms with Gasteiger partial charge in [0.25, 0.3) is 0 Å². The Morgan fingerprint density at radius 2 is 1.90 bits per heavy atom. The first-order valence-corrected chi connectivity index (χ1v) is 7.62. The van der Waals surface area contributed by atoms with E-state index in [1.165, 1.54) is 0 Å². The summed E-state index contributed by atoms with van der Waals surface area (Å²) in [5.41, 5.74) is -1.07. The molecule has 0 atom stereocenters. The van der Waals surface area contributed by atoms with Gasteiger partial charge in [0.15, 0.2) is 0 Å². The van der Waals surface area contributed by atoms with Crippen LogP contribution in [0.15, 0.2) is 17.0 Å². The normalized spacial score (nSPS) is 17.4. The lowest BCUT2D eigenvalue weighted by molar-refractivity contribution is -0.387. The fraction of sp³-hybridized carbons (Fsp3) is 0.455. The summed E-state index contributed by atoms with van der Waals surface area (Å²) in [7, 11) is -4.24. The van der Waals surface area contributed by atoms with Gasteiger partial charge in [-0.05, 0) is 13.0 Å². The van der Waals surface area contributed by atoms with E-state index in [2.05, 4.69) is 5.32 Å². The van der Waals surface area contributed by atoms with Crippen molar-refractivity contribution in [3.8, 4) is 0 Å². The van der Waals surface area contributed by atoms with E-state index in [9.17, 15) is 27.3 Å². The maximum atomic E-state index is 13.8. The Bertz CT molecular complexity index is 658. The number of nitro benzene ring substituents is 1. The highest BCUT2D eigenvalue weighted by atomic mass is 32.2. The van der Waals surface area contributed by atoms with E-state index in [1.54, 1.807) is 0 Å². The standard InChI is InChI=1S/C11H13F2N3O4S/c12-8-6-9(13)11(7-10(8)16(17)18)21(19,20)15-4-1-2-14-3-5-15/h6-7,14H,1-5H2. The van der Waals surface area contributed by atoms with Crippen LogP contribution in [0.3, 0.4) is 0 Å².